The second-order valence-corrected chi connectivity index (χ2v) is 1.07. The fourth-order valence-electron chi connectivity index (χ4n) is 0.201. The monoisotopic (exact) mass is 100 g/mol. The first-order valence-electron chi connectivity index (χ1n) is 1.99. The molecule has 2 heteroatoms. The van der Waals surface area contributed by atoms with Crippen LogP contribution in [0.25, 0.3) is 0 Å². The van der Waals surface area contributed by atoms with Gasteiger partial charge in [0.2, 0.25) is 0 Å². The normalized spacial score (nSPS) is 7.57. The Morgan fingerprint density at radius 1 is 2.00 bits per heavy atom. The molecule has 0 N–H and O–H groups in total. The third-order valence-electron chi connectivity index (χ3n) is 0.539. The van der Waals surface area contributed by atoms with Gasteiger partial charge >= 0.3 is 5.97 Å². The van der Waals surface area contributed by atoms with Gasteiger partial charge in [0.25, 0.3) is 0 Å². The van der Waals surface area contributed by atoms with Gasteiger partial charge in [0.15, 0.2) is 0 Å². The molecule has 0 heterocycles. The maximum absolute atomic E-state index is 10.1. The average molecular weight is 100 g/mol. The van der Waals surface area contributed by atoms with Crippen LogP contribution in [0.3, 0.4) is 0 Å². The quantitative estimate of drug-likeness (QED) is 0.378. The van der Waals surface area contributed by atoms with Crippen molar-refractivity contribution in [2.45, 2.75) is 6.42 Å². The van der Waals surface area contributed by atoms with Gasteiger partial charge in [0.05, 0.1) is 13.5 Å². The molecule has 0 saturated carbocycles. The van der Waals surface area contributed by atoms with Gasteiger partial charge in [-0.3, -0.25) is 4.79 Å². The van der Waals surface area contributed by atoms with Crippen LogP contribution < -0.4 is 0 Å². The Labute approximate surface area is 42.8 Å². The van der Waals surface area contributed by atoms with E-state index in [9.17, 15) is 4.79 Å². The number of hydrogen-bond donors (Lipinski definition) is 0. The van der Waals surface area contributed by atoms with E-state index in [1.165, 1.54) is 13.2 Å². The Balaban J connectivity index is 3.17. The zero-order chi connectivity index (χ0) is 5.70. The van der Waals surface area contributed by atoms with Gasteiger partial charge in [0.1, 0.15) is 0 Å². The first-order valence-corrected chi connectivity index (χ1v) is 1.99. The minimum absolute atomic E-state index is 0.241. The molecule has 0 aromatic rings. The topological polar surface area (TPSA) is 26.3 Å². The highest BCUT2D eigenvalue weighted by atomic mass is 16.5. The molecule has 0 spiro atoms. The predicted molar refractivity (Wildman–Crippen MR) is 26.8 cm³/mol. The van der Waals surface area contributed by atoms with Crippen molar-refractivity contribution in [3.8, 4) is 0 Å². The van der Waals surface area contributed by atoms with Crippen molar-refractivity contribution >= 4 is 5.97 Å². The van der Waals surface area contributed by atoms with Crippen molar-refractivity contribution in [1.82, 2.24) is 0 Å². The number of carbonyl (C=O) groups excluding carboxylic acids is 1. The maximum atomic E-state index is 10.1. The Kier molecular flexibility index (Phi) is 3.02. The second-order valence-electron chi connectivity index (χ2n) is 1.07. The molecule has 7 heavy (non-hydrogen) atoms. The van der Waals surface area contributed by atoms with E-state index in [4.69, 9.17) is 0 Å². The average Bonchev–Trinajstić information content (AvgIpc) is 1.68. The number of ether oxygens (including phenoxy) is 1. The molecule has 0 aliphatic carbocycles. The van der Waals surface area contributed by atoms with Gasteiger partial charge in [-0.25, -0.2) is 0 Å². The van der Waals surface area contributed by atoms with Crippen molar-refractivity contribution in [1.29, 1.82) is 0 Å². The first-order chi connectivity index (χ1) is 3.31. The zero-order valence-corrected chi connectivity index (χ0v) is 4.31. The summed E-state index contributed by atoms with van der Waals surface area (Å²) in [6.45, 7) is 3.35. The summed E-state index contributed by atoms with van der Waals surface area (Å²) in [6.07, 6.45) is 1.81. The lowest BCUT2D eigenvalue weighted by atomic mass is 10.4. The Hall–Kier alpha value is -0.790. The Bertz CT molecular complexity index is 76.1. The highest BCUT2D eigenvalue weighted by Gasteiger charge is 1.90. The molecule has 0 aromatic carbocycles. The van der Waals surface area contributed by atoms with Gasteiger partial charge < -0.3 is 4.74 Å². The van der Waals surface area contributed by atoms with Crippen LogP contribution in [0, 0.1) is 0 Å². The smallest absolute Gasteiger partial charge is 0.309 e. The summed E-state index contributed by atoms with van der Waals surface area (Å²) in [5.41, 5.74) is 0. The standard InChI is InChI=1S/C5H8O2/c1-3-4-5(6)7-2/h3H,1,4H2,2H3. The highest BCUT2D eigenvalue weighted by Crippen LogP contribution is 1.80. The van der Waals surface area contributed by atoms with Gasteiger partial charge in [-0.2, -0.15) is 0 Å². The summed E-state index contributed by atoms with van der Waals surface area (Å²) in [5.74, 6) is -0.241. The molecule has 0 aromatic heterocycles. The maximum Gasteiger partial charge on any atom is 0.309 e. The predicted octanol–water partition coefficient (Wildman–Crippen LogP) is 0.736. The number of methoxy groups -OCH3 is 1. The van der Waals surface area contributed by atoms with E-state index in [0.29, 0.717) is 6.42 Å². The van der Waals surface area contributed by atoms with Crippen molar-refractivity contribution in [2.75, 3.05) is 7.11 Å². The molecule has 0 amide bonds. The molecule has 0 unspecified atom stereocenters. The van der Waals surface area contributed by atoms with Crippen LogP contribution in [0.2, 0.25) is 0 Å². The number of carbonyl (C=O) groups is 1. The minimum atomic E-state index is -0.241. The third-order valence-corrected chi connectivity index (χ3v) is 0.539. The molecular formula is C5H8O2. The first kappa shape index (κ1) is 6.21. The molecule has 0 rings (SSSR count). The lowest BCUT2D eigenvalue weighted by Crippen LogP contribution is -1.95. The highest BCUT2D eigenvalue weighted by molar-refractivity contribution is 5.70. The molecule has 0 radical (unpaired) electrons. The fourth-order valence-corrected chi connectivity index (χ4v) is 0.201. The van der Waals surface area contributed by atoms with Crippen LogP contribution in [0.15, 0.2) is 12.7 Å². The van der Waals surface area contributed by atoms with Crippen molar-refractivity contribution in [3.63, 3.8) is 0 Å². The van der Waals surface area contributed by atoms with Crippen LogP contribution in [0.5, 0.6) is 0 Å². The van der Waals surface area contributed by atoms with Crippen molar-refractivity contribution < 1.29 is 9.53 Å². The van der Waals surface area contributed by atoms with Crippen LogP contribution in [-0.2, 0) is 9.53 Å². The van der Waals surface area contributed by atoms with Crippen LogP contribution in [-0.4, -0.2) is 13.1 Å². The van der Waals surface area contributed by atoms with E-state index >= 15 is 0 Å². The molecule has 0 fully saturated rings. The summed E-state index contributed by atoms with van der Waals surface area (Å²) in [5, 5.41) is 0. The molecule has 0 saturated heterocycles. The van der Waals surface area contributed by atoms with E-state index in [2.05, 4.69) is 11.3 Å². The summed E-state index contributed by atoms with van der Waals surface area (Å²) < 4.78 is 4.28. The number of rotatable bonds is 2. The van der Waals surface area contributed by atoms with Gasteiger partial charge in [-0.1, -0.05) is 6.08 Å². The van der Waals surface area contributed by atoms with Crippen molar-refractivity contribution in [3.05, 3.63) is 12.7 Å². The molecule has 0 aliphatic heterocycles. The molecule has 0 atom stereocenters. The largest absolute Gasteiger partial charge is 0.469 e. The van der Waals surface area contributed by atoms with Gasteiger partial charge in [0, 0.05) is 0 Å². The van der Waals surface area contributed by atoms with E-state index in [1.54, 1.807) is 0 Å². The van der Waals surface area contributed by atoms with Gasteiger partial charge in [-0.05, 0) is 0 Å². The van der Waals surface area contributed by atoms with Crippen LogP contribution in [0.4, 0.5) is 0 Å². The third kappa shape index (κ3) is 3.03. The Morgan fingerprint density at radius 2 is 2.57 bits per heavy atom. The van der Waals surface area contributed by atoms with E-state index in [1.807, 2.05) is 0 Å². The second kappa shape index (κ2) is 3.40. The van der Waals surface area contributed by atoms with E-state index < -0.39 is 0 Å². The fraction of sp³-hybridized carbons (Fsp3) is 0.400. The number of esters is 1. The molecule has 40 valence electrons. The lowest BCUT2D eigenvalue weighted by molar-refractivity contribution is -0.139. The Morgan fingerprint density at radius 3 is 2.71 bits per heavy atom. The molecule has 2 nitrogen and oxygen atoms in total. The van der Waals surface area contributed by atoms with Crippen LogP contribution in [0.1, 0.15) is 6.42 Å². The van der Waals surface area contributed by atoms with Gasteiger partial charge in [-0.15, -0.1) is 6.58 Å². The van der Waals surface area contributed by atoms with E-state index in [-0.39, 0.29) is 5.97 Å². The zero-order valence-electron chi connectivity index (χ0n) is 4.31. The SMILES string of the molecule is C=CCC(=O)OC. The minimum Gasteiger partial charge on any atom is -0.469 e. The molecular weight excluding hydrogens is 92.1 g/mol. The van der Waals surface area contributed by atoms with Crippen molar-refractivity contribution in [2.24, 2.45) is 0 Å². The summed E-state index contributed by atoms with van der Waals surface area (Å²) >= 11 is 0. The van der Waals surface area contributed by atoms with E-state index in [0.717, 1.165) is 0 Å². The summed E-state index contributed by atoms with van der Waals surface area (Å²) in [7, 11) is 1.35. The number of hydrogen-bond acceptors (Lipinski definition) is 2. The molecule has 0 bridgehead atoms. The van der Waals surface area contributed by atoms with Crippen LogP contribution >= 0.6 is 0 Å². The lowest BCUT2D eigenvalue weighted by Gasteiger charge is -1.88. The molecule has 0 aliphatic rings. The summed E-state index contributed by atoms with van der Waals surface area (Å²) in [4.78, 5) is 10.1. The summed E-state index contributed by atoms with van der Waals surface area (Å²) in [6, 6.07) is 0.